The van der Waals surface area contributed by atoms with Crippen molar-refractivity contribution in [2.45, 2.75) is 18.4 Å². The van der Waals surface area contributed by atoms with Crippen molar-refractivity contribution < 1.29 is 8.42 Å². The zero-order chi connectivity index (χ0) is 14.0. The molecule has 1 aromatic heterocycles. The van der Waals surface area contributed by atoms with Crippen LogP contribution in [0.25, 0.3) is 0 Å². The van der Waals surface area contributed by atoms with Crippen LogP contribution in [0.15, 0.2) is 38.2 Å². The molecule has 0 fully saturated rings. The predicted molar refractivity (Wildman–Crippen MR) is 82.7 cm³/mol. The number of hydrogen-bond acceptors (Lipinski definition) is 4. The summed E-state index contributed by atoms with van der Waals surface area (Å²) in [6.07, 6.45) is 1.73. The number of thiazole rings is 1. The van der Waals surface area contributed by atoms with Gasteiger partial charge in [-0.05, 0) is 41.1 Å². The van der Waals surface area contributed by atoms with Gasteiger partial charge in [-0.3, -0.25) is 0 Å². The summed E-state index contributed by atoms with van der Waals surface area (Å²) in [5, 5.41) is 0.743. The highest BCUT2D eigenvalue weighted by Gasteiger charge is 2.18. The maximum atomic E-state index is 12.2. The zero-order valence-electron chi connectivity index (χ0n) is 9.85. The number of nitrogens with zero attached hydrogens (tertiary/aromatic N) is 1. The van der Waals surface area contributed by atoms with Gasteiger partial charge in [0.1, 0.15) is 5.01 Å². The van der Waals surface area contributed by atoms with Crippen LogP contribution in [0.3, 0.4) is 0 Å². The molecule has 19 heavy (non-hydrogen) atoms. The van der Waals surface area contributed by atoms with Crippen molar-refractivity contribution in [3.8, 4) is 0 Å². The molecule has 1 heterocycles. The molecule has 0 aliphatic rings. The summed E-state index contributed by atoms with van der Waals surface area (Å²) in [5.74, 6) is 0. The van der Waals surface area contributed by atoms with Crippen LogP contribution in [-0.4, -0.2) is 13.4 Å². The standard InChI is InChI=1S/C11H10Br2N2O2S2/c1-7-5-14-11(18-7)6-15-19(16,17)10-4-8(12)2-3-9(10)13/h2-5,15H,6H2,1H3. The lowest BCUT2D eigenvalue weighted by molar-refractivity contribution is 0.580. The predicted octanol–water partition coefficient (Wildman–Crippen LogP) is 3.46. The van der Waals surface area contributed by atoms with Gasteiger partial charge < -0.3 is 0 Å². The van der Waals surface area contributed by atoms with E-state index in [2.05, 4.69) is 41.6 Å². The second-order valence-corrected chi connectivity index (χ2v) is 8.59. The van der Waals surface area contributed by atoms with Crippen LogP contribution in [0.1, 0.15) is 9.88 Å². The van der Waals surface area contributed by atoms with E-state index < -0.39 is 10.0 Å². The monoisotopic (exact) mass is 424 g/mol. The highest BCUT2D eigenvalue weighted by molar-refractivity contribution is 9.11. The summed E-state index contributed by atoms with van der Waals surface area (Å²) in [6.45, 7) is 2.13. The Kier molecular flexibility index (Phi) is 4.78. The Morgan fingerprint density at radius 2 is 2.11 bits per heavy atom. The van der Waals surface area contributed by atoms with Crippen LogP contribution in [0.5, 0.6) is 0 Å². The minimum absolute atomic E-state index is 0.194. The number of aromatic nitrogens is 1. The van der Waals surface area contributed by atoms with Crippen molar-refractivity contribution in [2.75, 3.05) is 0 Å². The number of nitrogens with one attached hydrogen (secondary N) is 1. The highest BCUT2D eigenvalue weighted by atomic mass is 79.9. The average molecular weight is 426 g/mol. The third-order valence-electron chi connectivity index (χ3n) is 2.27. The summed E-state index contributed by atoms with van der Waals surface area (Å²) in [5.41, 5.74) is 0. The highest BCUT2D eigenvalue weighted by Crippen LogP contribution is 2.25. The van der Waals surface area contributed by atoms with Crippen LogP contribution >= 0.6 is 43.2 Å². The molecule has 0 atom stereocenters. The summed E-state index contributed by atoms with van der Waals surface area (Å²) >= 11 is 7.98. The van der Waals surface area contributed by atoms with Crippen LogP contribution in [-0.2, 0) is 16.6 Å². The quantitative estimate of drug-likeness (QED) is 0.815. The fourth-order valence-corrected chi connectivity index (χ4v) is 4.71. The second-order valence-electron chi connectivity index (χ2n) is 3.76. The van der Waals surface area contributed by atoms with Crippen molar-refractivity contribution in [1.82, 2.24) is 9.71 Å². The molecule has 0 amide bonds. The second kappa shape index (κ2) is 6.01. The molecule has 2 aromatic rings. The maximum Gasteiger partial charge on any atom is 0.242 e. The van der Waals surface area contributed by atoms with E-state index in [1.54, 1.807) is 24.4 Å². The van der Waals surface area contributed by atoms with Gasteiger partial charge in [-0.15, -0.1) is 11.3 Å². The molecule has 0 bridgehead atoms. The first-order chi connectivity index (χ1) is 8.88. The minimum Gasteiger partial charge on any atom is -0.248 e. The lowest BCUT2D eigenvalue weighted by atomic mass is 10.4. The Labute approximate surface area is 132 Å². The van der Waals surface area contributed by atoms with Gasteiger partial charge in [-0.2, -0.15) is 0 Å². The normalized spacial score (nSPS) is 11.7. The van der Waals surface area contributed by atoms with Gasteiger partial charge in [0.2, 0.25) is 10.0 Å². The number of hydrogen-bond donors (Lipinski definition) is 1. The lowest BCUT2D eigenvalue weighted by Gasteiger charge is -2.07. The molecule has 4 nitrogen and oxygen atoms in total. The molecule has 0 saturated carbocycles. The summed E-state index contributed by atoms with van der Waals surface area (Å²) in [7, 11) is -3.56. The maximum absolute atomic E-state index is 12.2. The molecule has 0 aliphatic heterocycles. The van der Waals surface area contributed by atoms with Crippen molar-refractivity contribution >= 4 is 53.2 Å². The first kappa shape index (κ1) is 15.1. The lowest BCUT2D eigenvalue weighted by Crippen LogP contribution is -2.23. The minimum atomic E-state index is -3.56. The molecule has 0 unspecified atom stereocenters. The number of sulfonamides is 1. The first-order valence-electron chi connectivity index (χ1n) is 5.24. The number of benzene rings is 1. The molecule has 1 aromatic carbocycles. The van der Waals surface area contributed by atoms with Crippen LogP contribution in [0.2, 0.25) is 0 Å². The molecule has 8 heteroatoms. The Balaban J connectivity index is 2.20. The van der Waals surface area contributed by atoms with Crippen LogP contribution in [0, 0.1) is 6.92 Å². The molecular formula is C11H10Br2N2O2S2. The molecule has 2 rings (SSSR count). The van der Waals surface area contributed by atoms with Gasteiger partial charge in [0, 0.05) is 20.0 Å². The zero-order valence-corrected chi connectivity index (χ0v) is 14.7. The van der Waals surface area contributed by atoms with Crippen molar-refractivity contribution in [3.05, 3.63) is 43.2 Å². The number of halogens is 2. The number of rotatable bonds is 4. The van der Waals surface area contributed by atoms with Gasteiger partial charge >= 0.3 is 0 Å². The fourth-order valence-electron chi connectivity index (χ4n) is 1.40. The fraction of sp³-hybridized carbons (Fsp3) is 0.182. The van der Waals surface area contributed by atoms with E-state index in [4.69, 9.17) is 0 Å². The van der Waals surface area contributed by atoms with Crippen molar-refractivity contribution in [1.29, 1.82) is 0 Å². The van der Waals surface area contributed by atoms with E-state index in [-0.39, 0.29) is 11.4 Å². The molecule has 0 radical (unpaired) electrons. The first-order valence-corrected chi connectivity index (χ1v) is 9.13. The summed E-state index contributed by atoms with van der Waals surface area (Å²) in [4.78, 5) is 5.38. The average Bonchev–Trinajstić information content (AvgIpc) is 2.76. The van der Waals surface area contributed by atoms with Crippen molar-refractivity contribution in [3.63, 3.8) is 0 Å². The number of aryl methyl sites for hydroxylation is 1. The largest absolute Gasteiger partial charge is 0.248 e. The van der Waals surface area contributed by atoms with Crippen LogP contribution < -0.4 is 4.72 Å². The Morgan fingerprint density at radius 1 is 1.37 bits per heavy atom. The topological polar surface area (TPSA) is 59.1 Å². The SMILES string of the molecule is Cc1cnc(CNS(=O)(=O)c2cc(Br)ccc2Br)s1. The third-order valence-corrected chi connectivity index (χ3v) is 6.07. The van der Waals surface area contributed by atoms with E-state index in [1.807, 2.05) is 6.92 Å². The molecule has 0 aliphatic carbocycles. The Bertz CT molecular complexity index is 698. The van der Waals surface area contributed by atoms with E-state index in [0.717, 1.165) is 9.88 Å². The smallest absolute Gasteiger partial charge is 0.242 e. The van der Waals surface area contributed by atoms with Gasteiger partial charge in [0.05, 0.1) is 11.4 Å². The van der Waals surface area contributed by atoms with Crippen molar-refractivity contribution in [2.24, 2.45) is 0 Å². The van der Waals surface area contributed by atoms with Gasteiger partial charge in [-0.1, -0.05) is 15.9 Å². The van der Waals surface area contributed by atoms with Gasteiger partial charge in [-0.25, -0.2) is 18.1 Å². The third kappa shape index (κ3) is 3.85. The van der Waals surface area contributed by atoms with Gasteiger partial charge in [0.15, 0.2) is 0 Å². The van der Waals surface area contributed by atoms with E-state index in [1.165, 1.54) is 11.3 Å². The summed E-state index contributed by atoms with van der Waals surface area (Å²) < 4.78 is 28.2. The molecule has 0 spiro atoms. The van der Waals surface area contributed by atoms with Gasteiger partial charge in [0.25, 0.3) is 0 Å². The molecule has 102 valence electrons. The molecular weight excluding hydrogens is 416 g/mol. The van der Waals surface area contributed by atoms with E-state index in [9.17, 15) is 8.42 Å². The molecule has 0 saturated heterocycles. The van der Waals surface area contributed by atoms with Crippen LogP contribution in [0.4, 0.5) is 0 Å². The molecule has 1 N–H and O–H groups in total. The van der Waals surface area contributed by atoms with E-state index in [0.29, 0.717) is 8.95 Å². The Morgan fingerprint density at radius 3 is 2.74 bits per heavy atom. The Hall–Kier alpha value is -0.280. The summed E-state index contributed by atoms with van der Waals surface area (Å²) in [6, 6.07) is 5.01. The van der Waals surface area contributed by atoms with E-state index >= 15 is 0 Å².